The van der Waals surface area contributed by atoms with E-state index in [1.807, 2.05) is 12.1 Å². The summed E-state index contributed by atoms with van der Waals surface area (Å²) in [4.78, 5) is 47.0. The number of hydrogen-bond acceptors (Lipinski definition) is 7. The summed E-state index contributed by atoms with van der Waals surface area (Å²) in [6.45, 7) is 0.139. The number of rotatable bonds is 5. The van der Waals surface area contributed by atoms with Gasteiger partial charge < -0.3 is 4.42 Å². The molecule has 0 aliphatic heterocycles. The molecule has 4 aromatic heterocycles. The van der Waals surface area contributed by atoms with Gasteiger partial charge in [-0.25, -0.2) is 9.97 Å². The van der Waals surface area contributed by atoms with Gasteiger partial charge in [0.15, 0.2) is 5.76 Å². The third-order valence-electron chi connectivity index (χ3n) is 5.08. The molecule has 0 bridgehead atoms. The van der Waals surface area contributed by atoms with Crippen molar-refractivity contribution in [3.05, 3.63) is 82.4 Å². The van der Waals surface area contributed by atoms with Crippen molar-refractivity contribution in [3.63, 3.8) is 0 Å². The number of thiophene rings is 1. The van der Waals surface area contributed by atoms with E-state index in [9.17, 15) is 14.4 Å². The van der Waals surface area contributed by atoms with Crippen LogP contribution >= 0.6 is 11.3 Å². The largest absolute Gasteiger partial charge is 0.463 e. The molecule has 1 aromatic carbocycles. The highest BCUT2D eigenvalue weighted by atomic mass is 32.1. The molecule has 4 heterocycles. The van der Waals surface area contributed by atoms with Gasteiger partial charge in [0.2, 0.25) is 5.91 Å². The summed E-state index contributed by atoms with van der Waals surface area (Å²) in [5.74, 6) is -0.404. The van der Waals surface area contributed by atoms with Crippen LogP contribution in [0, 0.1) is 0 Å². The summed E-state index contributed by atoms with van der Waals surface area (Å²) >= 11 is 1.38. The van der Waals surface area contributed by atoms with Gasteiger partial charge in [0.25, 0.3) is 11.5 Å². The van der Waals surface area contributed by atoms with Gasteiger partial charge in [-0.15, -0.1) is 11.3 Å². The number of hydrogen-bond donors (Lipinski definition) is 2. The number of benzene rings is 1. The van der Waals surface area contributed by atoms with Gasteiger partial charge in [0.1, 0.15) is 10.5 Å². The number of amides is 2. The monoisotopic (exact) mass is 459 g/mol. The minimum absolute atomic E-state index is 0.00769. The van der Waals surface area contributed by atoms with E-state index in [0.29, 0.717) is 38.1 Å². The summed E-state index contributed by atoms with van der Waals surface area (Å²) in [5, 5.41) is 2.96. The second-order valence-corrected chi connectivity index (χ2v) is 8.08. The van der Waals surface area contributed by atoms with Crippen LogP contribution in [0.2, 0.25) is 0 Å². The van der Waals surface area contributed by atoms with Crippen LogP contribution in [-0.2, 0) is 11.3 Å². The molecule has 0 aliphatic rings. The molecular formula is C23H17N5O4S. The normalized spacial score (nSPS) is 11.0. The predicted molar refractivity (Wildman–Crippen MR) is 124 cm³/mol. The third-order valence-corrected chi connectivity index (χ3v) is 5.90. The maximum Gasteiger partial charge on any atom is 0.270 e. The third kappa shape index (κ3) is 4.11. The highest BCUT2D eigenvalue weighted by Crippen LogP contribution is 2.25. The Morgan fingerprint density at radius 2 is 1.94 bits per heavy atom. The molecule has 2 amide bonds. The number of furan rings is 1. The number of pyridine rings is 1. The number of carbonyl (C=O) groups is 2. The Bertz CT molecular complexity index is 1540. The smallest absolute Gasteiger partial charge is 0.270 e. The van der Waals surface area contributed by atoms with Crippen LogP contribution in [0.15, 0.2) is 75.7 Å². The Balaban J connectivity index is 1.29. The molecule has 0 spiro atoms. The van der Waals surface area contributed by atoms with Gasteiger partial charge in [0.05, 0.1) is 29.1 Å². The standard InChI is InChI=1S/C23H17N5O4S/c29-20(7-9-28-13-24-22-15(23(28)31)8-11-33-22)26-27-21(30)16-12-18(19-6-3-10-32-19)25-17-5-2-1-4-14(16)17/h1-6,8,10-13H,7,9H2,(H,26,29)(H,27,30). The van der Waals surface area contributed by atoms with E-state index in [1.54, 1.807) is 41.8 Å². The lowest BCUT2D eigenvalue weighted by atomic mass is 10.1. The molecule has 0 saturated carbocycles. The average molecular weight is 459 g/mol. The van der Waals surface area contributed by atoms with Crippen LogP contribution < -0.4 is 16.4 Å². The fraction of sp³-hybridized carbons (Fsp3) is 0.0870. The molecule has 0 saturated heterocycles. The van der Waals surface area contributed by atoms with Crippen molar-refractivity contribution in [2.45, 2.75) is 13.0 Å². The summed E-state index contributed by atoms with van der Waals surface area (Å²) in [6, 6.07) is 14.0. The number of nitrogens with zero attached hydrogens (tertiary/aromatic N) is 3. The molecule has 5 aromatic rings. The van der Waals surface area contributed by atoms with Gasteiger partial charge in [-0.1, -0.05) is 18.2 Å². The first kappa shape index (κ1) is 20.6. The molecule has 9 nitrogen and oxygen atoms in total. The summed E-state index contributed by atoms with van der Waals surface area (Å²) in [6.07, 6.45) is 2.95. The summed E-state index contributed by atoms with van der Waals surface area (Å²) < 4.78 is 6.79. The van der Waals surface area contributed by atoms with Crippen molar-refractivity contribution < 1.29 is 14.0 Å². The Kier molecular flexibility index (Phi) is 5.41. The zero-order valence-corrected chi connectivity index (χ0v) is 18.0. The number of aryl methyl sites for hydroxylation is 1. The van der Waals surface area contributed by atoms with Crippen LogP contribution in [0.4, 0.5) is 0 Å². The minimum Gasteiger partial charge on any atom is -0.463 e. The van der Waals surface area contributed by atoms with Crippen molar-refractivity contribution in [2.75, 3.05) is 0 Å². The van der Waals surface area contributed by atoms with E-state index in [2.05, 4.69) is 20.8 Å². The van der Waals surface area contributed by atoms with Gasteiger partial charge in [-0.3, -0.25) is 29.8 Å². The topological polar surface area (TPSA) is 119 Å². The van der Waals surface area contributed by atoms with Crippen molar-refractivity contribution in [2.24, 2.45) is 0 Å². The SMILES string of the molecule is O=C(CCn1cnc2sccc2c1=O)NNC(=O)c1cc(-c2ccco2)nc2ccccc12. The number of fused-ring (bicyclic) bond motifs is 2. The quantitative estimate of drug-likeness (QED) is 0.390. The number of nitrogens with one attached hydrogen (secondary N) is 2. The summed E-state index contributed by atoms with van der Waals surface area (Å²) in [5.41, 5.74) is 6.12. The Hall–Kier alpha value is -4.31. The van der Waals surface area contributed by atoms with Gasteiger partial charge >= 0.3 is 0 Å². The fourth-order valence-corrected chi connectivity index (χ4v) is 4.17. The molecule has 0 aliphatic carbocycles. The van der Waals surface area contributed by atoms with E-state index >= 15 is 0 Å². The molecule has 33 heavy (non-hydrogen) atoms. The first-order valence-electron chi connectivity index (χ1n) is 10.1. The summed E-state index contributed by atoms with van der Waals surface area (Å²) in [7, 11) is 0. The molecule has 10 heteroatoms. The molecule has 5 rings (SSSR count). The van der Waals surface area contributed by atoms with Crippen molar-refractivity contribution in [1.82, 2.24) is 25.4 Å². The zero-order valence-electron chi connectivity index (χ0n) is 17.1. The molecule has 0 unspecified atom stereocenters. The molecule has 0 fully saturated rings. The zero-order chi connectivity index (χ0) is 22.8. The number of para-hydroxylation sites is 1. The number of hydrazine groups is 1. The lowest BCUT2D eigenvalue weighted by molar-refractivity contribution is -0.122. The Morgan fingerprint density at radius 1 is 1.06 bits per heavy atom. The van der Waals surface area contributed by atoms with Gasteiger partial charge in [-0.2, -0.15) is 0 Å². The van der Waals surface area contributed by atoms with E-state index in [4.69, 9.17) is 4.42 Å². The maximum absolute atomic E-state index is 12.9. The molecule has 164 valence electrons. The number of aromatic nitrogens is 3. The van der Waals surface area contributed by atoms with Crippen LogP contribution in [0.1, 0.15) is 16.8 Å². The van der Waals surface area contributed by atoms with Crippen molar-refractivity contribution >= 4 is 44.3 Å². The molecular weight excluding hydrogens is 442 g/mol. The minimum atomic E-state index is -0.492. The van der Waals surface area contributed by atoms with Crippen LogP contribution in [-0.4, -0.2) is 26.3 Å². The van der Waals surface area contributed by atoms with Gasteiger partial charge in [-0.05, 0) is 35.7 Å². The first-order valence-corrected chi connectivity index (χ1v) is 10.9. The highest BCUT2D eigenvalue weighted by molar-refractivity contribution is 7.16. The predicted octanol–water partition coefficient (Wildman–Crippen LogP) is 3.12. The van der Waals surface area contributed by atoms with Gasteiger partial charge in [0, 0.05) is 18.4 Å². The fourth-order valence-electron chi connectivity index (χ4n) is 3.44. The first-order chi connectivity index (χ1) is 16.1. The molecule has 2 N–H and O–H groups in total. The Morgan fingerprint density at radius 3 is 2.79 bits per heavy atom. The number of carbonyl (C=O) groups excluding carboxylic acids is 2. The van der Waals surface area contributed by atoms with E-state index in [-0.39, 0.29) is 18.5 Å². The lowest BCUT2D eigenvalue weighted by Crippen LogP contribution is -2.42. The van der Waals surface area contributed by atoms with Crippen molar-refractivity contribution in [3.8, 4) is 11.5 Å². The molecule has 0 radical (unpaired) electrons. The highest BCUT2D eigenvalue weighted by Gasteiger charge is 2.16. The molecule has 0 atom stereocenters. The van der Waals surface area contributed by atoms with E-state index < -0.39 is 11.8 Å². The second-order valence-electron chi connectivity index (χ2n) is 7.18. The van der Waals surface area contributed by atoms with E-state index in [0.717, 1.165) is 0 Å². The Labute approximate surface area is 190 Å². The van der Waals surface area contributed by atoms with Crippen LogP contribution in [0.3, 0.4) is 0 Å². The van der Waals surface area contributed by atoms with E-state index in [1.165, 1.54) is 28.5 Å². The van der Waals surface area contributed by atoms with Crippen LogP contribution in [0.5, 0.6) is 0 Å². The van der Waals surface area contributed by atoms with Crippen LogP contribution in [0.25, 0.3) is 32.6 Å². The second kappa shape index (κ2) is 8.67. The van der Waals surface area contributed by atoms with Crippen molar-refractivity contribution in [1.29, 1.82) is 0 Å². The average Bonchev–Trinajstić information content (AvgIpc) is 3.54. The maximum atomic E-state index is 12.9. The lowest BCUT2D eigenvalue weighted by Gasteiger charge is -2.11.